The van der Waals surface area contributed by atoms with Crippen LogP contribution in [0, 0.1) is 0 Å². The standard InChI is InChI=1S/C17H25NO3/c1-4-5-8-18-13-11-17(2,3)21-15-12(13)6-7-14-16(15)20-10-9-19-14/h6-7,13,18H,4-5,8-11H2,1-3H3. The van der Waals surface area contributed by atoms with Crippen molar-refractivity contribution in [3.8, 4) is 17.2 Å². The molecule has 1 atom stereocenters. The van der Waals surface area contributed by atoms with Crippen molar-refractivity contribution < 1.29 is 14.2 Å². The molecule has 0 radical (unpaired) electrons. The van der Waals surface area contributed by atoms with Crippen molar-refractivity contribution in [3.05, 3.63) is 17.7 Å². The molecule has 2 aliphatic rings. The second kappa shape index (κ2) is 5.76. The lowest BCUT2D eigenvalue weighted by Crippen LogP contribution is -2.40. The van der Waals surface area contributed by atoms with E-state index in [4.69, 9.17) is 14.2 Å². The first-order valence-electron chi connectivity index (χ1n) is 7.95. The molecule has 0 saturated heterocycles. The van der Waals surface area contributed by atoms with Crippen molar-refractivity contribution in [1.82, 2.24) is 5.32 Å². The molecule has 1 unspecified atom stereocenters. The van der Waals surface area contributed by atoms with Crippen molar-refractivity contribution in [2.75, 3.05) is 19.8 Å². The van der Waals surface area contributed by atoms with Crippen LogP contribution in [0.25, 0.3) is 0 Å². The topological polar surface area (TPSA) is 39.7 Å². The highest BCUT2D eigenvalue weighted by atomic mass is 16.6. The van der Waals surface area contributed by atoms with Gasteiger partial charge < -0.3 is 19.5 Å². The average Bonchev–Trinajstić information content (AvgIpc) is 2.46. The van der Waals surface area contributed by atoms with Gasteiger partial charge in [0.2, 0.25) is 5.75 Å². The molecule has 2 heterocycles. The van der Waals surface area contributed by atoms with Gasteiger partial charge in [0.05, 0.1) is 0 Å². The van der Waals surface area contributed by atoms with E-state index in [-0.39, 0.29) is 5.60 Å². The summed E-state index contributed by atoms with van der Waals surface area (Å²) in [5.41, 5.74) is 0.988. The third-order valence-corrected chi connectivity index (χ3v) is 4.06. The Morgan fingerprint density at radius 3 is 2.81 bits per heavy atom. The fraction of sp³-hybridized carbons (Fsp3) is 0.647. The van der Waals surface area contributed by atoms with Crippen LogP contribution in [0.2, 0.25) is 0 Å². The maximum atomic E-state index is 6.21. The Morgan fingerprint density at radius 1 is 1.19 bits per heavy atom. The van der Waals surface area contributed by atoms with Crippen molar-refractivity contribution in [2.24, 2.45) is 0 Å². The van der Waals surface area contributed by atoms with Gasteiger partial charge in [0, 0.05) is 18.0 Å². The Hall–Kier alpha value is -1.42. The SMILES string of the molecule is CCCCNC1CC(C)(C)Oc2c1ccc1c2OCCO1. The number of nitrogens with one attached hydrogen (secondary N) is 1. The molecular formula is C17H25NO3. The van der Waals surface area contributed by atoms with Gasteiger partial charge in [0.15, 0.2) is 11.5 Å². The Kier molecular flexibility index (Phi) is 3.98. The highest BCUT2D eigenvalue weighted by Crippen LogP contribution is 2.49. The van der Waals surface area contributed by atoms with Crippen molar-refractivity contribution >= 4 is 0 Å². The van der Waals surface area contributed by atoms with Crippen LogP contribution in [0.15, 0.2) is 12.1 Å². The van der Waals surface area contributed by atoms with Gasteiger partial charge in [-0.15, -0.1) is 0 Å². The van der Waals surface area contributed by atoms with Gasteiger partial charge in [0.25, 0.3) is 0 Å². The third-order valence-electron chi connectivity index (χ3n) is 4.06. The van der Waals surface area contributed by atoms with Gasteiger partial charge in [-0.3, -0.25) is 0 Å². The van der Waals surface area contributed by atoms with E-state index in [0.717, 1.165) is 30.2 Å². The summed E-state index contributed by atoms with van der Waals surface area (Å²) in [5.74, 6) is 2.43. The summed E-state index contributed by atoms with van der Waals surface area (Å²) in [4.78, 5) is 0. The predicted octanol–water partition coefficient (Wildman–Crippen LogP) is 3.45. The fourth-order valence-corrected chi connectivity index (χ4v) is 3.04. The molecule has 0 aromatic heterocycles. The van der Waals surface area contributed by atoms with Crippen molar-refractivity contribution in [3.63, 3.8) is 0 Å². The van der Waals surface area contributed by atoms with Crippen LogP contribution in [0.5, 0.6) is 17.2 Å². The van der Waals surface area contributed by atoms with Crippen molar-refractivity contribution in [1.29, 1.82) is 0 Å². The van der Waals surface area contributed by atoms with E-state index < -0.39 is 0 Å². The molecular weight excluding hydrogens is 266 g/mol. The van der Waals surface area contributed by atoms with Gasteiger partial charge in [-0.05, 0) is 38.9 Å². The molecule has 0 aliphatic carbocycles. The van der Waals surface area contributed by atoms with Gasteiger partial charge in [-0.2, -0.15) is 0 Å². The molecule has 0 saturated carbocycles. The molecule has 4 nitrogen and oxygen atoms in total. The Morgan fingerprint density at radius 2 is 2.00 bits per heavy atom. The van der Waals surface area contributed by atoms with Crippen LogP contribution >= 0.6 is 0 Å². The van der Waals surface area contributed by atoms with Crippen LogP contribution in [0.4, 0.5) is 0 Å². The molecule has 0 amide bonds. The minimum Gasteiger partial charge on any atom is -0.486 e. The van der Waals surface area contributed by atoms with Crippen LogP contribution in [0.1, 0.15) is 51.6 Å². The molecule has 1 aromatic carbocycles. The van der Waals surface area contributed by atoms with E-state index in [9.17, 15) is 0 Å². The molecule has 0 fully saturated rings. The molecule has 0 bridgehead atoms. The lowest BCUT2D eigenvalue weighted by atomic mass is 9.89. The smallest absolute Gasteiger partial charge is 0.204 e. The average molecular weight is 291 g/mol. The molecule has 1 N–H and O–H groups in total. The maximum Gasteiger partial charge on any atom is 0.204 e. The van der Waals surface area contributed by atoms with Gasteiger partial charge >= 0.3 is 0 Å². The number of hydrogen-bond acceptors (Lipinski definition) is 4. The third kappa shape index (κ3) is 2.95. The number of unbranched alkanes of at least 4 members (excludes halogenated alkanes) is 1. The minimum absolute atomic E-state index is 0.202. The first kappa shape index (κ1) is 14.5. The Bertz CT molecular complexity index is 513. The predicted molar refractivity (Wildman–Crippen MR) is 82.4 cm³/mol. The van der Waals surface area contributed by atoms with Crippen LogP contribution in [-0.2, 0) is 0 Å². The zero-order valence-corrected chi connectivity index (χ0v) is 13.2. The van der Waals surface area contributed by atoms with Gasteiger partial charge in [-0.1, -0.05) is 13.3 Å². The molecule has 4 heteroatoms. The summed E-state index contributed by atoms with van der Waals surface area (Å²) in [7, 11) is 0. The van der Waals surface area contributed by atoms with Crippen LogP contribution < -0.4 is 19.5 Å². The molecule has 3 rings (SSSR count). The van der Waals surface area contributed by atoms with E-state index in [2.05, 4.69) is 32.2 Å². The summed E-state index contributed by atoms with van der Waals surface area (Å²) >= 11 is 0. The number of rotatable bonds is 4. The number of hydrogen-bond donors (Lipinski definition) is 1. The normalized spacial score (nSPS) is 22.3. The second-order valence-corrected chi connectivity index (χ2v) is 6.43. The zero-order chi connectivity index (χ0) is 14.9. The monoisotopic (exact) mass is 291 g/mol. The number of fused-ring (bicyclic) bond motifs is 3. The molecule has 0 spiro atoms. The Balaban J connectivity index is 1.93. The van der Waals surface area contributed by atoms with Crippen LogP contribution in [0.3, 0.4) is 0 Å². The summed E-state index contributed by atoms with van der Waals surface area (Å²) in [6, 6.07) is 4.43. The summed E-state index contributed by atoms with van der Waals surface area (Å²) in [6.45, 7) is 8.70. The molecule has 21 heavy (non-hydrogen) atoms. The number of ether oxygens (including phenoxy) is 3. The van der Waals surface area contributed by atoms with Gasteiger partial charge in [0.1, 0.15) is 18.8 Å². The van der Waals surface area contributed by atoms with Crippen LogP contribution in [-0.4, -0.2) is 25.4 Å². The minimum atomic E-state index is -0.202. The van der Waals surface area contributed by atoms with Crippen molar-refractivity contribution in [2.45, 2.75) is 51.7 Å². The number of benzene rings is 1. The van der Waals surface area contributed by atoms with E-state index in [1.54, 1.807) is 0 Å². The molecule has 116 valence electrons. The van der Waals surface area contributed by atoms with Gasteiger partial charge in [-0.25, -0.2) is 0 Å². The van der Waals surface area contributed by atoms with E-state index in [1.165, 1.54) is 18.4 Å². The lowest BCUT2D eigenvalue weighted by molar-refractivity contribution is 0.0564. The summed E-state index contributed by atoms with van der Waals surface area (Å²) in [5, 5.41) is 3.66. The van der Waals surface area contributed by atoms with E-state index >= 15 is 0 Å². The Labute approximate surface area is 126 Å². The highest BCUT2D eigenvalue weighted by Gasteiger charge is 2.37. The second-order valence-electron chi connectivity index (χ2n) is 6.43. The molecule has 2 aliphatic heterocycles. The maximum absolute atomic E-state index is 6.21. The quantitative estimate of drug-likeness (QED) is 0.863. The highest BCUT2D eigenvalue weighted by molar-refractivity contribution is 5.58. The first-order chi connectivity index (χ1) is 10.1. The molecule has 1 aromatic rings. The fourth-order valence-electron chi connectivity index (χ4n) is 3.04. The lowest BCUT2D eigenvalue weighted by Gasteiger charge is -2.39. The van der Waals surface area contributed by atoms with E-state index in [1.807, 2.05) is 6.07 Å². The largest absolute Gasteiger partial charge is 0.486 e. The zero-order valence-electron chi connectivity index (χ0n) is 13.2. The summed E-state index contributed by atoms with van der Waals surface area (Å²) in [6.07, 6.45) is 3.36. The summed E-state index contributed by atoms with van der Waals surface area (Å²) < 4.78 is 17.7. The van der Waals surface area contributed by atoms with E-state index in [0.29, 0.717) is 19.3 Å². The first-order valence-corrected chi connectivity index (χ1v) is 7.95.